The molecule has 0 fully saturated rings. The highest BCUT2D eigenvalue weighted by Gasteiger charge is 2.24. The number of fused-ring (bicyclic) bond motifs is 1. The largest absolute Gasteiger partial charge is 0.384 e. The lowest BCUT2D eigenvalue weighted by atomic mass is 10.0. The molecule has 1 atom stereocenters. The van der Waals surface area contributed by atoms with Crippen molar-refractivity contribution in [3.05, 3.63) is 28.2 Å². The van der Waals surface area contributed by atoms with Crippen LogP contribution in [0.4, 0.5) is 5.69 Å². The SMILES string of the molecule is NOCC1CNc2cccc(Br)c21. The third kappa shape index (κ3) is 1.57. The van der Waals surface area contributed by atoms with E-state index in [1.54, 1.807) is 0 Å². The Labute approximate surface area is 85.3 Å². The molecule has 0 aromatic heterocycles. The van der Waals surface area contributed by atoms with Crippen LogP contribution in [0.1, 0.15) is 11.5 Å². The highest BCUT2D eigenvalue weighted by molar-refractivity contribution is 9.10. The van der Waals surface area contributed by atoms with Crippen LogP contribution in [0.15, 0.2) is 22.7 Å². The average Bonchev–Trinajstić information content (AvgIpc) is 2.51. The number of hydrogen-bond donors (Lipinski definition) is 2. The molecule has 1 aromatic carbocycles. The lowest BCUT2D eigenvalue weighted by Crippen LogP contribution is -2.13. The summed E-state index contributed by atoms with van der Waals surface area (Å²) in [5.74, 6) is 5.43. The molecule has 0 aliphatic carbocycles. The smallest absolute Gasteiger partial charge is 0.0765 e. The van der Waals surface area contributed by atoms with Crippen LogP contribution >= 0.6 is 15.9 Å². The first-order valence-corrected chi connectivity index (χ1v) is 4.96. The molecule has 0 saturated carbocycles. The summed E-state index contributed by atoms with van der Waals surface area (Å²) in [7, 11) is 0. The Morgan fingerprint density at radius 1 is 1.62 bits per heavy atom. The highest BCUT2D eigenvalue weighted by atomic mass is 79.9. The highest BCUT2D eigenvalue weighted by Crippen LogP contribution is 2.36. The second kappa shape index (κ2) is 3.65. The molecule has 1 aliphatic rings. The molecule has 13 heavy (non-hydrogen) atoms. The summed E-state index contributed by atoms with van der Waals surface area (Å²) in [4.78, 5) is 4.68. The van der Waals surface area contributed by atoms with E-state index in [9.17, 15) is 0 Å². The lowest BCUT2D eigenvalue weighted by molar-refractivity contribution is 0.126. The predicted molar refractivity (Wildman–Crippen MR) is 55.5 cm³/mol. The molecular formula is C9H11BrN2O. The van der Waals surface area contributed by atoms with E-state index in [-0.39, 0.29) is 0 Å². The summed E-state index contributed by atoms with van der Waals surface area (Å²) in [6, 6.07) is 6.12. The molecule has 1 heterocycles. The monoisotopic (exact) mass is 242 g/mol. The van der Waals surface area contributed by atoms with Crippen molar-refractivity contribution in [2.45, 2.75) is 5.92 Å². The maximum atomic E-state index is 5.07. The van der Waals surface area contributed by atoms with Crippen LogP contribution in [0, 0.1) is 0 Å². The Morgan fingerprint density at radius 2 is 2.46 bits per heavy atom. The van der Waals surface area contributed by atoms with Gasteiger partial charge in [0, 0.05) is 22.6 Å². The summed E-state index contributed by atoms with van der Waals surface area (Å²) < 4.78 is 1.12. The fourth-order valence-corrected chi connectivity index (χ4v) is 2.39. The third-order valence-electron chi connectivity index (χ3n) is 2.30. The van der Waals surface area contributed by atoms with Crippen molar-refractivity contribution < 1.29 is 4.84 Å². The molecule has 0 radical (unpaired) electrons. The van der Waals surface area contributed by atoms with Crippen LogP contribution in [0.25, 0.3) is 0 Å². The summed E-state index contributed by atoms with van der Waals surface area (Å²) in [5.41, 5.74) is 2.45. The Morgan fingerprint density at radius 3 is 3.23 bits per heavy atom. The van der Waals surface area contributed by atoms with Crippen molar-refractivity contribution in [2.75, 3.05) is 18.5 Å². The maximum Gasteiger partial charge on any atom is 0.0765 e. The summed E-state index contributed by atoms with van der Waals surface area (Å²) in [5, 5.41) is 3.31. The minimum Gasteiger partial charge on any atom is -0.384 e. The molecule has 0 spiro atoms. The Balaban J connectivity index is 2.34. The zero-order chi connectivity index (χ0) is 9.26. The van der Waals surface area contributed by atoms with Crippen molar-refractivity contribution in [2.24, 2.45) is 5.90 Å². The van der Waals surface area contributed by atoms with Gasteiger partial charge in [-0.3, -0.25) is 0 Å². The van der Waals surface area contributed by atoms with E-state index in [1.807, 2.05) is 12.1 Å². The fourth-order valence-electron chi connectivity index (χ4n) is 1.70. The number of halogens is 1. The Kier molecular flexibility index (Phi) is 2.53. The van der Waals surface area contributed by atoms with Gasteiger partial charge in [0.2, 0.25) is 0 Å². The Bertz CT molecular complexity index is 314. The number of rotatable bonds is 2. The third-order valence-corrected chi connectivity index (χ3v) is 2.99. The van der Waals surface area contributed by atoms with Crippen LogP contribution in [0.3, 0.4) is 0 Å². The summed E-state index contributed by atoms with van der Waals surface area (Å²) >= 11 is 3.52. The molecule has 70 valence electrons. The fraction of sp³-hybridized carbons (Fsp3) is 0.333. The predicted octanol–water partition coefficient (Wildman–Crippen LogP) is 1.85. The van der Waals surface area contributed by atoms with Crippen molar-refractivity contribution in [3.63, 3.8) is 0 Å². The number of anilines is 1. The second-order valence-corrected chi connectivity index (χ2v) is 3.97. The van der Waals surface area contributed by atoms with Crippen molar-refractivity contribution >= 4 is 21.6 Å². The molecule has 4 heteroatoms. The van der Waals surface area contributed by atoms with Crippen LogP contribution < -0.4 is 11.2 Å². The van der Waals surface area contributed by atoms with Crippen LogP contribution in [0.5, 0.6) is 0 Å². The standard InChI is InChI=1S/C9H11BrN2O/c10-7-2-1-3-8-9(7)6(4-12-8)5-13-11/h1-3,6,12H,4-5,11H2. The van der Waals surface area contributed by atoms with Gasteiger partial charge in [-0.15, -0.1) is 0 Å². The van der Waals surface area contributed by atoms with Gasteiger partial charge in [0.15, 0.2) is 0 Å². The first kappa shape index (κ1) is 8.99. The van der Waals surface area contributed by atoms with Crippen molar-refractivity contribution in [3.8, 4) is 0 Å². The molecular weight excluding hydrogens is 232 g/mol. The average molecular weight is 243 g/mol. The van der Waals surface area contributed by atoms with Gasteiger partial charge in [0.1, 0.15) is 0 Å². The number of nitrogens with one attached hydrogen (secondary N) is 1. The first-order chi connectivity index (χ1) is 6.33. The molecule has 2 rings (SSSR count). The zero-order valence-electron chi connectivity index (χ0n) is 7.09. The quantitative estimate of drug-likeness (QED) is 0.779. The van der Waals surface area contributed by atoms with Gasteiger partial charge < -0.3 is 10.2 Å². The summed E-state index contributed by atoms with van der Waals surface area (Å²) in [6.45, 7) is 1.46. The van der Waals surface area contributed by atoms with E-state index < -0.39 is 0 Å². The van der Waals surface area contributed by atoms with Gasteiger partial charge >= 0.3 is 0 Å². The normalized spacial score (nSPS) is 19.7. The van der Waals surface area contributed by atoms with E-state index >= 15 is 0 Å². The van der Waals surface area contributed by atoms with E-state index in [4.69, 9.17) is 5.90 Å². The van der Waals surface area contributed by atoms with Gasteiger partial charge in [-0.25, -0.2) is 5.90 Å². The van der Waals surface area contributed by atoms with E-state index in [0.717, 1.165) is 11.0 Å². The minimum atomic E-state index is 0.357. The van der Waals surface area contributed by atoms with Gasteiger partial charge in [0.05, 0.1) is 6.61 Å². The topological polar surface area (TPSA) is 47.3 Å². The van der Waals surface area contributed by atoms with Crippen LogP contribution in [-0.2, 0) is 4.84 Å². The van der Waals surface area contributed by atoms with Crippen molar-refractivity contribution in [1.29, 1.82) is 0 Å². The van der Waals surface area contributed by atoms with Gasteiger partial charge in [0.25, 0.3) is 0 Å². The van der Waals surface area contributed by atoms with Gasteiger partial charge in [-0.2, -0.15) is 0 Å². The zero-order valence-corrected chi connectivity index (χ0v) is 8.67. The van der Waals surface area contributed by atoms with E-state index in [1.165, 1.54) is 11.3 Å². The number of benzene rings is 1. The van der Waals surface area contributed by atoms with E-state index in [0.29, 0.717) is 12.5 Å². The first-order valence-electron chi connectivity index (χ1n) is 4.17. The molecule has 1 unspecified atom stereocenters. The van der Waals surface area contributed by atoms with Crippen LogP contribution in [0.2, 0.25) is 0 Å². The second-order valence-electron chi connectivity index (χ2n) is 3.11. The molecule has 1 aromatic rings. The molecule has 3 nitrogen and oxygen atoms in total. The minimum absolute atomic E-state index is 0.357. The lowest BCUT2D eigenvalue weighted by Gasteiger charge is -2.09. The van der Waals surface area contributed by atoms with E-state index in [2.05, 4.69) is 32.2 Å². The molecule has 0 saturated heterocycles. The molecule has 0 bridgehead atoms. The van der Waals surface area contributed by atoms with Gasteiger partial charge in [-0.1, -0.05) is 22.0 Å². The molecule has 0 amide bonds. The summed E-state index contributed by atoms with van der Waals surface area (Å²) in [6.07, 6.45) is 0. The van der Waals surface area contributed by atoms with Crippen molar-refractivity contribution in [1.82, 2.24) is 0 Å². The van der Waals surface area contributed by atoms with Crippen LogP contribution in [-0.4, -0.2) is 13.2 Å². The number of nitrogens with two attached hydrogens (primary N) is 1. The maximum absolute atomic E-state index is 5.07. The van der Waals surface area contributed by atoms with Gasteiger partial charge in [-0.05, 0) is 17.7 Å². The molecule has 1 aliphatic heterocycles. The molecule has 3 N–H and O–H groups in total. The Hall–Kier alpha value is -0.580. The number of hydrogen-bond acceptors (Lipinski definition) is 3.